The van der Waals surface area contributed by atoms with E-state index in [0.717, 1.165) is 5.56 Å². The Bertz CT molecular complexity index is 719. The van der Waals surface area contributed by atoms with E-state index in [1.807, 2.05) is 42.3 Å². The number of carbonyl (C=O) groups excluding carboxylic acids is 1. The molecule has 0 atom stereocenters. The molecule has 0 aromatic heterocycles. The van der Waals surface area contributed by atoms with Gasteiger partial charge in [0.15, 0.2) is 0 Å². The Labute approximate surface area is 140 Å². The summed E-state index contributed by atoms with van der Waals surface area (Å²) in [7, 11) is 3.25. The molecule has 0 aliphatic carbocycles. The Kier molecular flexibility index (Phi) is 5.86. The number of nitro benzene ring substituents is 1. The van der Waals surface area contributed by atoms with Gasteiger partial charge in [-0.25, -0.2) is 0 Å². The zero-order valence-electron chi connectivity index (χ0n) is 13.6. The predicted molar refractivity (Wildman–Crippen MR) is 91.1 cm³/mol. The standard InChI is InChI=1S/C17H19N3O4/c1-19(11-13-6-4-3-5-7-13)12-17(21)18-15-9-8-14(20(22)23)10-16(15)24-2/h3-10H,11-12H2,1-2H3,(H,18,21). The number of ether oxygens (including phenoxy) is 1. The topological polar surface area (TPSA) is 84.7 Å². The van der Waals surface area contributed by atoms with Gasteiger partial charge in [0.1, 0.15) is 5.75 Å². The molecule has 0 saturated heterocycles. The molecule has 7 heteroatoms. The van der Waals surface area contributed by atoms with Gasteiger partial charge in [0, 0.05) is 12.6 Å². The van der Waals surface area contributed by atoms with Crippen LogP contribution in [-0.2, 0) is 11.3 Å². The first-order valence-corrected chi connectivity index (χ1v) is 7.34. The highest BCUT2D eigenvalue weighted by Crippen LogP contribution is 2.28. The van der Waals surface area contributed by atoms with E-state index in [0.29, 0.717) is 12.2 Å². The summed E-state index contributed by atoms with van der Waals surface area (Å²) in [5, 5.41) is 13.5. The summed E-state index contributed by atoms with van der Waals surface area (Å²) >= 11 is 0. The maximum Gasteiger partial charge on any atom is 0.273 e. The van der Waals surface area contributed by atoms with Crippen molar-refractivity contribution in [2.24, 2.45) is 0 Å². The minimum atomic E-state index is -0.512. The van der Waals surface area contributed by atoms with Crippen LogP contribution in [0.1, 0.15) is 5.56 Å². The number of hydrogen-bond acceptors (Lipinski definition) is 5. The molecule has 0 fully saturated rings. The fraction of sp³-hybridized carbons (Fsp3) is 0.235. The summed E-state index contributed by atoms with van der Waals surface area (Å²) in [4.78, 5) is 24.3. The second kappa shape index (κ2) is 8.07. The number of methoxy groups -OCH3 is 1. The summed E-state index contributed by atoms with van der Waals surface area (Å²) in [5.74, 6) is 0.0313. The van der Waals surface area contributed by atoms with Gasteiger partial charge in [-0.1, -0.05) is 30.3 Å². The lowest BCUT2D eigenvalue weighted by Gasteiger charge is -2.17. The highest BCUT2D eigenvalue weighted by molar-refractivity contribution is 5.93. The van der Waals surface area contributed by atoms with Gasteiger partial charge in [-0.15, -0.1) is 0 Å². The number of anilines is 1. The first kappa shape index (κ1) is 17.4. The van der Waals surface area contributed by atoms with E-state index in [9.17, 15) is 14.9 Å². The number of benzene rings is 2. The van der Waals surface area contributed by atoms with Crippen molar-refractivity contribution in [3.63, 3.8) is 0 Å². The SMILES string of the molecule is COc1cc([N+](=O)[O-])ccc1NC(=O)CN(C)Cc1ccccc1. The summed E-state index contributed by atoms with van der Waals surface area (Å²) in [6.45, 7) is 0.834. The predicted octanol–water partition coefficient (Wildman–Crippen LogP) is 2.67. The van der Waals surface area contributed by atoms with Gasteiger partial charge in [0.2, 0.25) is 5.91 Å². The Morgan fingerprint density at radius 1 is 1.25 bits per heavy atom. The van der Waals surface area contributed by atoms with Gasteiger partial charge in [-0.3, -0.25) is 19.8 Å². The average molecular weight is 329 g/mol. The van der Waals surface area contributed by atoms with Crippen LogP contribution in [0.2, 0.25) is 0 Å². The van der Waals surface area contributed by atoms with Crippen LogP contribution in [0.25, 0.3) is 0 Å². The molecule has 7 nitrogen and oxygen atoms in total. The molecule has 0 saturated carbocycles. The van der Waals surface area contributed by atoms with Crippen LogP contribution < -0.4 is 10.1 Å². The fourth-order valence-electron chi connectivity index (χ4n) is 2.28. The zero-order chi connectivity index (χ0) is 17.5. The van der Waals surface area contributed by atoms with Crippen molar-refractivity contribution in [3.8, 4) is 5.75 Å². The van der Waals surface area contributed by atoms with Gasteiger partial charge >= 0.3 is 0 Å². The number of nitrogens with one attached hydrogen (secondary N) is 1. The third kappa shape index (κ3) is 4.79. The van der Waals surface area contributed by atoms with Crippen LogP contribution in [-0.4, -0.2) is 36.4 Å². The van der Waals surface area contributed by atoms with Crippen molar-refractivity contribution in [2.75, 3.05) is 26.0 Å². The number of amides is 1. The number of non-ortho nitro benzene ring substituents is 1. The smallest absolute Gasteiger partial charge is 0.273 e. The van der Waals surface area contributed by atoms with E-state index >= 15 is 0 Å². The molecular formula is C17H19N3O4. The largest absolute Gasteiger partial charge is 0.494 e. The van der Waals surface area contributed by atoms with E-state index in [-0.39, 0.29) is 23.9 Å². The van der Waals surface area contributed by atoms with Crippen molar-refractivity contribution in [3.05, 3.63) is 64.2 Å². The maximum absolute atomic E-state index is 12.2. The molecule has 24 heavy (non-hydrogen) atoms. The van der Waals surface area contributed by atoms with Gasteiger partial charge in [0.25, 0.3) is 5.69 Å². The summed E-state index contributed by atoms with van der Waals surface area (Å²) in [6.07, 6.45) is 0. The van der Waals surface area contributed by atoms with Crippen molar-refractivity contribution in [1.82, 2.24) is 4.90 Å². The number of carbonyl (C=O) groups is 1. The van der Waals surface area contributed by atoms with E-state index < -0.39 is 4.92 Å². The highest BCUT2D eigenvalue weighted by Gasteiger charge is 2.14. The van der Waals surface area contributed by atoms with Crippen molar-refractivity contribution >= 4 is 17.3 Å². The maximum atomic E-state index is 12.2. The van der Waals surface area contributed by atoms with Gasteiger partial charge in [-0.05, 0) is 18.7 Å². The molecule has 2 aromatic rings. The number of nitrogens with zero attached hydrogens (tertiary/aromatic N) is 2. The Balaban J connectivity index is 1.97. The molecular weight excluding hydrogens is 310 g/mol. The first-order chi connectivity index (χ1) is 11.5. The minimum absolute atomic E-state index is 0.0916. The molecule has 0 unspecified atom stereocenters. The third-order valence-electron chi connectivity index (χ3n) is 3.38. The quantitative estimate of drug-likeness (QED) is 0.623. The van der Waals surface area contributed by atoms with Crippen LogP contribution >= 0.6 is 0 Å². The number of rotatable bonds is 7. The normalized spacial score (nSPS) is 10.5. The van der Waals surface area contributed by atoms with Crippen LogP contribution in [0.3, 0.4) is 0 Å². The second-order valence-corrected chi connectivity index (χ2v) is 5.35. The molecule has 0 aliphatic heterocycles. The van der Waals surface area contributed by atoms with Crippen molar-refractivity contribution in [2.45, 2.75) is 6.54 Å². The van der Waals surface area contributed by atoms with Crippen LogP contribution in [0.5, 0.6) is 5.75 Å². The van der Waals surface area contributed by atoms with Crippen molar-refractivity contribution in [1.29, 1.82) is 0 Å². The molecule has 0 heterocycles. The summed E-state index contributed by atoms with van der Waals surface area (Å²) in [6, 6.07) is 13.9. The molecule has 0 aliphatic rings. The molecule has 2 rings (SSSR count). The lowest BCUT2D eigenvalue weighted by atomic mass is 10.2. The monoisotopic (exact) mass is 329 g/mol. The minimum Gasteiger partial charge on any atom is -0.494 e. The molecule has 0 bridgehead atoms. The number of likely N-dealkylation sites (N-methyl/N-ethyl adjacent to an activating group) is 1. The second-order valence-electron chi connectivity index (χ2n) is 5.35. The van der Waals surface area contributed by atoms with E-state index in [1.54, 1.807) is 0 Å². The number of hydrogen-bond donors (Lipinski definition) is 1. The average Bonchev–Trinajstić information content (AvgIpc) is 2.55. The Hall–Kier alpha value is -2.93. The van der Waals surface area contributed by atoms with E-state index in [2.05, 4.69) is 5.32 Å². The highest BCUT2D eigenvalue weighted by atomic mass is 16.6. The van der Waals surface area contributed by atoms with E-state index in [4.69, 9.17) is 4.74 Å². The van der Waals surface area contributed by atoms with Crippen LogP contribution in [0.4, 0.5) is 11.4 Å². The third-order valence-corrected chi connectivity index (χ3v) is 3.38. The van der Waals surface area contributed by atoms with Gasteiger partial charge < -0.3 is 10.1 Å². The summed E-state index contributed by atoms with van der Waals surface area (Å²) in [5.41, 5.74) is 1.42. The lowest BCUT2D eigenvalue weighted by molar-refractivity contribution is -0.384. The van der Waals surface area contributed by atoms with Crippen molar-refractivity contribution < 1.29 is 14.5 Å². The number of nitro groups is 1. The van der Waals surface area contributed by atoms with Gasteiger partial charge in [-0.2, -0.15) is 0 Å². The zero-order valence-corrected chi connectivity index (χ0v) is 13.6. The van der Waals surface area contributed by atoms with E-state index in [1.165, 1.54) is 25.3 Å². The molecule has 0 spiro atoms. The summed E-state index contributed by atoms with van der Waals surface area (Å²) < 4.78 is 5.10. The van der Waals surface area contributed by atoms with Crippen LogP contribution in [0.15, 0.2) is 48.5 Å². The fourth-order valence-corrected chi connectivity index (χ4v) is 2.28. The molecule has 126 valence electrons. The Morgan fingerprint density at radius 3 is 2.58 bits per heavy atom. The lowest BCUT2D eigenvalue weighted by Crippen LogP contribution is -2.29. The molecule has 2 aromatic carbocycles. The Morgan fingerprint density at radius 2 is 1.96 bits per heavy atom. The first-order valence-electron chi connectivity index (χ1n) is 7.34. The molecule has 1 amide bonds. The van der Waals surface area contributed by atoms with Crippen LogP contribution in [0, 0.1) is 10.1 Å². The molecule has 1 N–H and O–H groups in total. The molecule has 0 radical (unpaired) electrons. The van der Waals surface area contributed by atoms with Gasteiger partial charge in [0.05, 0.1) is 30.3 Å².